The van der Waals surface area contributed by atoms with Crippen LogP contribution >= 0.6 is 11.8 Å². The first-order chi connectivity index (χ1) is 16.2. The summed E-state index contributed by atoms with van der Waals surface area (Å²) in [5.74, 6) is 0.613. The van der Waals surface area contributed by atoms with E-state index in [9.17, 15) is 9.59 Å². The maximum Gasteiger partial charge on any atom is 0.410 e. The van der Waals surface area contributed by atoms with Crippen molar-refractivity contribution >= 4 is 23.8 Å². The Morgan fingerprint density at radius 3 is 2.26 bits per heavy atom. The van der Waals surface area contributed by atoms with Gasteiger partial charge in [-0.25, -0.2) is 10.3 Å². The van der Waals surface area contributed by atoms with Crippen LogP contribution in [0.3, 0.4) is 0 Å². The highest BCUT2D eigenvalue weighted by molar-refractivity contribution is 8.00. The second kappa shape index (κ2) is 11.6. The van der Waals surface area contributed by atoms with Gasteiger partial charge < -0.3 is 14.4 Å². The highest BCUT2D eigenvalue weighted by atomic mass is 32.2. The highest BCUT2D eigenvalue weighted by Gasteiger charge is 2.39. The SMILES string of the molecule is COc1ccc(SC2(CC(=O)NOC(C)(C)C)CCN(C(=O)OCc3ccccc3)CC2)cc1. The van der Waals surface area contributed by atoms with Crippen LogP contribution in [0, 0.1) is 0 Å². The van der Waals surface area contributed by atoms with E-state index in [0.717, 1.165) is 16.2 Å². The summed E-state index contributed by atoms with van der Waals surface area (Å²) in [4.78, 5) is 33.6. The largest absolute Gasteiger partial charge is 0.497 e. The molecule has 2 amide bonds. The Bertz CT molecular complexity index is 936. The molecule has 1 N–H and O–H groups in total. The van der Waals surface area contributed by atoms with Gasteiger partial charge in [0, 0.05) is 29.2 Å². The number of thioether (sulfide) groups is 1. The molecular weight excluding hydrogens is 452 g/mol. The molecule has 0 aromatic heterocycles. The van der Waals surface area contributed by atoms with Crippen LogP contribution in [-0.4, -0.2) is 47.4 Å². The van der Waals surface area contributed by atoms with E-state index < -0.39 is 5.60 Å². The van der Waals surface area contributed by atoms with Gasteiger partial charge in [0.2, 0.25) is 5.91 Å². The number of carbonyl (C=O) groups is 2. The summed E-state index contributed by atoms with van der Waals surface area (Å²) in [7, 11) is 1.63. The predicted molar refractivity (Wildman–Crippen MR) is 133 cm³/mol. The molecule has 2 aromatic rings. The first-order valence-electron chi connectivity index (χ1n) is 11.4. The Balaban J connectivity index is 1.64. The summed E-state index contributed by atoms with van der Waals surface area (Å²) < 4.78 is 10.4. The number of rotatable bonds is 8. The summed E-state index contributed by atoms with van der Waals surface area (Å²) in [6.45, 7) is 6.93. The molecule has 0 saturated carbocycles. The second-order valence-corrected chi connectivity index (χ2v) is 10.9. The van der Waals surface area contributed by atoms with Crippen molar-refractivity contribution in [2.75, 3.05) is 20.2 Å². The van der Waals surface area contributed by atoms with Crippen LogP contribution in [0.1, 0.15) is 45.6 Å². The van der Waals surface area contributed by atoms with E-state index in [1.54, 1.807) is 23.8 Å². The fraction of sp³-hybridized carbons (Fsp3) is 0.462. The number of hydroxylamine groups is 1. The Hall–Kier alpha value is -2.71. The number of methoxy groups -OCH3 is 1. The van der Waals surface area contributed by atoms with E-state index in [1.165, 1.54) is 0 Å². The van der Waals surface area contributed by atoms with E-state index in [0.29, 0.717) is 25.9 Å². The van der Waals surface area contributed by atoms with Crippen molar-refractivity contribution in [1.82, 2.24) is 10.4 Å². The van der Waals surface area contributed by atoms with Gasteiger partial charge in [-0.3, -0.25) is 9.63 Å². The lowest BCUT2D eigenvalue weighted by Gasteiger charge is -2.40. The first-order valence-corrected chi connectivity index (χ1v) is 12.3. The zero-order valence-electron chi connectivity index (χ0n) is 20.3. The minimum atomic E-state index is -0.474. The molecule has 1 aliphatic heterocycles. The van der Waals surface area contributed by atoms with Gasteiger partial charge in [0.25, 0.3) is 0 Å². The standard InChI is InChI=1S/C26H34N2O5S/c1-25(2,3)33-27-23(29)18-26(34-22-12-10-21(31-4)11-13-22)14-16-28(17-15-26)24(30)32-19-20-8-6-5-7-9-20/h5-13H,14-19H2,1-4H3,(H,27,29). The molecule has 34 heavy (non-hydrogen) atoms. The molecule has 1 heterocycles. The van der Waals surface area contributed by atoms with E-state index in [4.69, 9.17) is 14.3 Å². The van der Waals surface area contributed by atoms with Crippen LogP contribution in [0.2, 0.25) is 0 Å². The zero-order chi connectivity index (χ0) is 24.6. The maximum absolute atomic E-state index is 12.8. The highest BCUT2D eigenvalue weighted by Crippen LogP contribution is 2.44. The molecule has 1 fully saturated rings. The van der Waals surface area contributed by atoms with Gasteiger partial charge in [0.15, 0.2) is 0 Å². The van der Waals surface area contributed by atoms with Crippen molar-refractivity contribution < 1.29 is 23.9 Å². The molecule has 0 atom stereocenters. The maximum atomic E-state index is 12.8. The number of nitrogens with one attached hydrogen (secondary N) is 1. The quantitative estimate of drug-likeness (QED) is 0.517. The number of ether oxygens (including phenoxy) is 2. The average Bonchev–Trinajstić information content (AvgIpc) is 2.82. The summed E-state index contributed by atoms with van der Waals surface area (Å²) in [5.41, 5.74) is 3.07. The molecule has 3 rings (SSSR count). The Morgan fingerprint density at radius 1 is 1.03 bits per heavy atom. The van der Waals surface area contributed by atoms with Gasteiger partial charge in [-0.1, -0.05) is 30.3 Å². The smallest absolute Gasteiger partial charge is 0.410 e. The molecule has 184 valence electrons. The summed E-state index contributed by atoms with van der Waals surface area (Å²) >= 11 is 1.67. The van der Waals surface area contributed by atoms with Gasteiger partial charge in [-0.2, -0.15) is 0 Å². The topological polar surface area (TPSA) is 77.1 Å². The number of nitrogens with zero attached hydrogens (tertiary/aromatic N) is 1. The number of hydrogen-bond donors (Lipinski definition) is 1. The van der Waals surface area contributed by atoms with Crippen LogP contribution in [-0.2, 0) is 21.0 Å². The third-order valence-electron chi connectivity index (χ3n) is 5.49. The summed E-state index contributed by atoms with van der Waals surface area (Å²) in [6, 6.07) is 17.4. The second-order valence-electron chi connectivity index (χ2n) is 9.40. The monoisotopic (exact) mass is 486 g/mol. The summed E-state index contributed by atoms with van der Waals surface area (Å²) in [5, 5.41) is 0. The average molecular weight is 487 g/mol. The first kappa shape index (κ1) is 25.9. The minimum Gasteiger partial charge on any atom is -0.497 e. The van der Waals surface area contributed by atoms with Crippen molar-refractivity contribution in [3.8, 4) is 5.75 Å². The predicted octanol–water partition coefficient (Wildman–Crippen LogP) is 5.20. The molecule has 0 aliphatic carbocycles. The Morgan fingerprint density at radius 2 is 1.68 bits per heavy atom. The molecule has 7 nitrogen and oxygen atoms in total. The normalized spacial score (nSPS) is 15.5. The van der Waals surface area contributed by atoms with Crippen LogP contribution in [0.15, 0.2) is 59.5 Å². The van der Waals surface area contributed by atoms with E-state index in [1.807, 2.05) is 75.4 Å². The van der Waals surface area contributed by atoms with Gasteiger partial charge in [0.1, 0.15) is 12.4 Å². The number of hydrogen-bond acceptors (Lipinski definition) is 6. The van der Waals surface area contributed by atoms with Gasteiger partial charge in [-0.15, -0.1) is 11.8 Å². The van der Waals surface area contributed by atoms with Gasteiger partial charge in [0.05, 0.1) is 12.7 Å². The number of amides is 2. The third-order valence-corrected chi connectivity index (χ3v) is 6.98. The van der Waals surface area contributed by atoms with Crippen molar-refractivity contribution in [3.63, 3.8) is 0 Å². The van der Waals surface area contributed by atoms with Crippen molar-refractivity contribution in [1.29, 1.82) is 0 Å². The third kappa shape index (κ3) is 7.95. The molecule has 0 spiro atoms. The van der Waals surface area contributed by atoms with Crippen LogP contribution in [0.4, 0.5) is 4.79 Å². The van der Waals surface area contributed by atoms with E-state index in [2.05, 4.69) is 5.48 Å². The van der Waals surface area contributed by atoms with E-state index >= 15 is 0 Å². The Labute approximate surface area is 206 Å². The number of likely N-dealkylation sites (tertiary alicyclic amines) is 1. The van der Waals surface area contributed by atoms with Gasteiger partial charge >= 0.3 is 6.09 Å². The number of piperidine rings is 1. The summed E-state index contributed by atoms with van der Waals surface area (Å²) in [6.07, 6.45) is 1.28. The molecule has 1 aliphatic rings. The molecule has 0 bridgehead atoms. The van der Waals surface area contributed by atoms with Crippen LogP contribution in [0.5, 0.6) is 5.75 Å². The lowest BCUT2D eigenvalue weighted by atomic mass is 9.92. The molecule has 1 saturated heterocycles. The molecule has 2 aromatic carbocycles. The lowest BCUT2D eigenvalue weighted by Crippen LogP contribution is -2.47. The number of benzene rings is 2. The molecule has 0 radical (unpaired) electrons. The fourth-order valence-electron chi connectivity index (χ4n) is 3.65. The van der Waals surface area contributed by atoms with Crippen LogP contribution < -0.4 is 10.2 Å². The van der Waals surface area contributed by atoms with Gasteiger partial charge in [-0.05, 0) is 63.4 Å². The van der Waals surface area contributed by atoms with Crippen LogP contribution in [0.25, 0.3) is 0 Å². The van der Waals surface area contributed by atoms with E-state index in [-0.39, 0.29) is 29.8 Å². The van der Waals surface area contributed by atoms with Crippen molar-refractivity contribution in [2.24, 2.45) is 0 Å². The molecular formula is C26H34N2O5S. The zero-order valence-corrected chi connectivity index (χ0v) is 21.2. The molecule has 8 heteroatoms. The fourth-order valence-corrected chi connectivity index (χ4v) is 5.02. The van der Waals surface area contributed by atoms with Crippen molar-refractivity contribution in [2.45, 2.75) is 61.9 Å². The lowest BCUT2D eigenvalue weighted by molar-refractivity contribution is -0.146. The minimum absolute atomic E-state index is 0.170. The Kier molecular flexibility index (Phi) is 8.85. The van der Waals surface area contributed by atoms with Crippen molar-refractivity contribution in [3.05, 3.63) is 60.2 Å². The number of carbonyl (C=O) groups excluding carboxylic acids is 2. The molecule has 0 unspecified atom stereocenters.